The van der Waals surface area contributed by atoms with Gasteiger partial charge >= 0.3 is 0 Å². The Bertz CT molecular complexity index is 473. The van der Waals surface area contributed by atoms with Gasteiger partial charge in [-0.3, -0.25) is 4.98 Å². The molecule has 0 aliphatic rings. The van der Waals surface area contributed by atoms with Crippen LogP contribution in [0.25, 0.3) is 0 Å². The van der Waals surface area contributed by atoms with E-state index in [-0.39, 0.29) is 0 Å². The monoisotopic (exact) mass is 286 g/mol. The second-order valence-electron chi connectivity index (χ2n) is 4.80. The molecular weight excluding hydrogens is 264 g/mol. The van der Waals surface area contributed by atoms with Crippen LogP contribution >= 0.6 is 11.8 Å². The number of pyridine rings is 1. The first-order valence-corrected chi connectivity index (χ1v) is 8.18. The fraction of sp³-hybridized carbons (Fsp3) is 0.353. The van der Waals surface area contributed by atoms with Crippen molar-refractivity contribution >= 4 is 11.8 Å². The van der Waals surface area contributed by atoms with Gasteiger partial charge in [0, 0.05) is 35.0 Å². The molecule has 1 aromatic carbocycles. The SMILES string of the molecule is CCCNC(CSc1ccccc1)Cc1ccccn1. The molecule has 0 aliphatic heterocycles. The number of nitrogens with one attached hydrogen (secondary N) is 1. The minimum atomic E-state index is 0.468. The van der Waals surface area contributed by atoms with E-state index in [1.807, 2.05) is 24.0 Å². The van der Waals surface area contributed by atoms with Crippen LogP contribution < -0.4 is 5.32 Å². The van der Waals surface area contributed by atoms with Crippen molar-refractivity contribution in [3.05, 3.63) is 60.4 Å². The second-order valence-corrected chi connectivity index (χ2v) is 5.89. The van der Waals surface area contributed by atoms with Gasteiger partial charge in [0.1, 0.15) is 0 Å². The molecule has 2 rings (SSSR count). The topological polar surface area (TPSA) is 24.9 Å². The molecule has 0 saturated carbocycles. The molecule has 1 aromatic heterocycles. The molecule has 0 spiro atoms. The maximum Gasteiger partial charge on any atom is 0.0419 e. The zero-order valence-electron chi connectivity index (χ0n) is 12.0. The van der Waals surface area contributed by atoms with E-state index >= 15 is 0 Å². The highest BCUT2D eigenvalue weighted by molar-refractivity contribution is 7.99. The summed E-state index contributed by atoms with van der Waals surface area (Å²) in [5, 5.41) is 3.63. The maximum absolute atomic E-state index is 4.43. The van der Waals surface area contributed by atoms with Crippen LogP contribution in [0.5, 0.6) is 0 Å². The van der Waals surface area contributed by atoms with E-state index < -0.39 is 0 Å². The van der Waals surface area contributed by atoms with Crippen LogP contribution in [0.2, 0.25) is 0 Å². The normalized spacial score (nSPS) is 12.2. The first kappa shape index (κ1) is 15.1. The molecule has 0 bridgehead atoms. The van der Waals surface area contributed by atoms with Gasteiger partial charge < -0.3 is 5.32 Å². The molecule has 1 heterocycles. The van der Waals surface area contributed by atoms with E-state index in [4.69, 9.17) is 0 Å². The minimum Gasteiger partial charge on any atom is -0.313 e. The fourth-order valence-corrected chi connectivity index (χ4v) is 3.00. The number of rotatable bonds is 8. The summed E-state index contributed by atoms with van der Waals surface area (Å²) in [5.41, 5.74) is 1.16. The van der Waals surface area contributed by atoms with E-state index in [1.54, 1.807) is 0 Å². The largest absolute Gasteiger partial charge is 0.313 e. The summed E-state index contributed by atoms with van der Waals surface area (Å²) < 4.78 is 0. The van der Waals surface area contributed by atoms with Gasteiger partial charge in [0.25, 0.3) is 0 Å². The minimum absolute atomic E-state index is 0.468. The number of hydrogen-bond acceptors (Lipinski definition) is 3. The standard InChI is InChI=1S/C17H22N2S/c1-2-11-18-16(13-15-8-6-7-12-19-15)14-20-17-9-4-3-5-10-17/h3-10,12,16,18H,2,11,13-14H2,1H3. The van der Waals surface area contributed by atoms with E-state index in [9.17, 15) is 0 Å². The molecule has 0 radical (unpaired) electrons. The smallest absolute Gasteiger partial charge is 0.0419 e. The van der Waals surface area contributed by atoms with Gasteiger partial charge in [-0.15, -0.1) is 11.8 Å². The Labute approximate surface area is 126 Å². The fourth-order valence-electron chi connectivity index (χ4n) is 2.02. The summed E-state index contributed by atoms with van der Waals surface area (Å²) in [7, 11) is 0. The molecule has 1 unspecified atom stereocenters. The summed E-state index contributed by atoms with van der Waals surface area (Å²) in [6.07, 6.45) is 4.02. The van der Waals surface area contributed by atoms with Crippen LogP contribution in [-0.4, -0.2) is 23.3 Å². The Morgan fingerprint density at radius 2 is 1.90 bits per heavy atom. The number of aromatic nitrogens is 1. The van der Waals surface area contributed by atoms with Crippen molar-refractivity contribution in [3.63, 3.8) is 0 Å². The quantitative estimate of drug-likeness (QED) is 0.747. The molecule has 1 N–H and O–H groups in total. The van der Waals surface area contributed by atoms with Crippen LogP contribution in [-0.2, 0) is 6.42 Å². The summed E-state index contributed by atoms with van der Waals surface area (Å²) in [4.78, 5) is 5.76. The predicted octanol–water partition coefficient (Wildman–Crippen LogP) is 3.78. The zero-order chi connectivity index (χ0) is 14.0. The molecule has 0 fully saturated rings. The van der Waals surface area contributed by atoms with Gasteiger partial charge in [0.2, 0.25) is 0 Å². The van der Waals surface area contributed by atoms with Gasteiger partial charge in [-0.1, -0.05) is 31.2 Å². The van der Waals surface area contributed by atoms with Crippen LogP contribution in [0, 0.1) is 0 Å². The molecule has 0 aliphatic carbocycles. The number of hydrogen-bond donors (Lipinski definition) is 1. The van der Waals surface area contributed by atoms with Crippen molar-refractivity contribution in [2.75, 3.05) is 12.3 Å². The van der Waals surface area contributed by atoms with Crippen molar-refractivity contribution in [3.8, 4) is 0 Å². The summed E-state index contributed by atoms with van der Waals surface area (Å²) in [6.45, 7) is 3.27. The lowest BCUT2D eigenvalue weighted by molar-refractivity contribution is 0.545. The highest BCUT2D eigenvalue weighted by Crippen LogP contribution is 2.19. The number of benzene rings is 1. The molecular formula is C17H22N2S. The van der Waals surface area contributed by atoms with Crippen molar-refractivity contribution < 1.29 is 0 Å². The molecule has 0 amide bonds. The summed E-state index contributed by atoms with van der Waals surface area (Å²) >= 11 is 1.91. The summed E-state index contributed by atoms with van der Waals surface area (Å²) in [5.74, 6) is 1.07. The molecule has 3 heteroatoms. The predicted molar refractivity (Wildman–Crippen MR) is 87.2 cm³/mol. The van der Waals surface area contributed by atoms with Gasteiger partial charge in [-0.05, 0) is 37.2 Å². The third-order valence-corrected chi connectivity index (χ3v) is 4.23. The lowest BCUT2D eigenvalue weighted by atomic mass is 10.1. The molecule has 2 nitrogen and oxygen atoms in total. The van der Waals surface area contributed by atoms with Gasteiger partial charge in [-0.2, -0.15) is 0 Å². The van der Waals surface area contributed by atoms with E-state index in [0.717, 1.165) is 30.8 Å². The van der Waals surface area contributed by atoms with Crippen molar-refractivity contribution in [1.82, 2.24) is 10.3 Å². The Balaban J connectivity index is 1.89. The van der Waals surface area contributed by atoms with Crippen molar-refractivity contribution in [2.45, 2.75) is 30.7 Å². The van der Waals surface area contributed by atoms with Crippen LogP contribution in [0.15, 0.2) is 59.6 Å². The molecule has 0 saturated heterocycles. The van der Waals surface area contributed by atoms with Gasteiger partial charge in [-0.25, -0.2) is 0 Å². The highest BCUT2D eigenvalue weighted by atomic mass is 32.2. The lowest BCUT2D eigenvalue weighted by Gasteiger charge is -2.17. The maximum atomic E-state index is 4.43. The number of nitrogens with zero attached hydrogens (tertiary/aromatic N) is 1. The Hall–Kier alpha value is -1.32. The zero-order valence-corrected chi connectivity index (χ0v) is 12.8. The van der Waals surface area contributed by atoms with E-state index in [1.165, 1.54) is 4.90 Å². The molecule has 1 atom stereocenters. The van der Waals surface area contributed by atoms with Crippen LogP contribution in [0.1, 0.15) is 19.0 Å². The summed E-state index contributed by atoms with van der Waals surface area (Å²) in [6, 6.07) is 17.2. The number of thioether (sulfide) groups is 1. The third kappa shape index (κ3) is 5.35. The first-order chi connectivity index (χ1) is 9.88. The molecule has 2 aromatic rings. The average Bonchev–Trinajstić information content (AvgIpc) is 2.52. The third-order valence-electron chi connectivity index (χ3n) is 3.06. The van der Waals surface area contributed by atoms with Crippen molar-refractivity contribution in [1.29, 1.82) is 0 Å². The second kappa shape index (κ2) is 8.77. The highest BCUT2D eigenvalue weighted by Gasteiger charge is 2.10. The van der Waals surface area contributed by atoms with E-state index in [0.29, 0.717) is 6.04 Å². The van der Waals surface area contributed by atoms with E-state index in [2.05, 4.69) is 59.7 Å². The van der Waals surface area contributed by atoms with Crippen LogP contribution in [0.3, 0.4) is 0 Å². The Morgan fingerprint density at radius 1 is 1.10 bits per heavy atom. The Morgan fingerprint density at radius 3 is 2.60 bits per heavy atom. The molecule has 20 heavy (non-hydrogen) atoms. The average molecular weight is 286 g/mol. The van der Waals surface area contributed by atoms with Gasteiger partial charge in [0.15, 0.2) is 0 Å². The molecule has 106 valence electrons. The first-order valence-electron chi connectivity index (χ1n) is 7.19. The van der Waals surface area contributed by atoms with Crippen molar-refractivity contribution in [2.24, 2.45) is 0 Å². The lowest BCUT2D eigenvalue weighted by Crippen LogP contribution is -2.34. The van der Waals surface area contributed by atoms with Gasteiger partial charge in [0.05, 0.1) is 0 Å². The van der Waals surface area contributed by atoms with Crippen LogP contribution in [0.4, 0.5) is 0 Å². The Kier molecular flexibility index (Phi) is 6.61.